The molecule has 4 rings (SSSR count). The van der Waals surface area contributed by atoms with Gasteiger partial charge in [0.15, 0.2) is 5.78 Å². The highest BCUT2D eigenvalue weighted by atomic mass is 35.5. The van der Waals surface area contributed by atoms with Gasteiger partial charge in [0.2, 0.25) is 0 Å². The van der Waals surface area contributed by atoms with Gasteiger partial charge in [-0.15, -0.1) is 0 Å². The fraction of sp³-hybridized carbons (Fsp3) is 0.762. The molecular formula is C21H29ClO. The second-order valence-electron chi connectivity index (χ2n) is 8.95. The van der Waals surface area contributed by atoms with E-state index in [0.717, 1.165) is 54.4 Å². The second-order valence-corrected chi connectivity index (χ2v) is 9.39. The van der Waals surface area contributed by atoms with E-state index in [-0.39, 0.29) is 0 Å². The average molecular weight is 333 g/mol. The summed E-state index contributed by atoms with van der Waals surface area (Å²) in [4.78, 5) is 11.8. The minimum absolute atomic E-state index is 0.359. The third kappa shape index (κ3) is 2.29. The molecule has 2 saturated carbocycles. The minimum Gasteiger partial charge on any atom is -0.295 e. The largest absolute Gasteiger partial charge is 0.295 e. The lowest BCUT2D eigenvalue weighted by Crippen LogP contribution is -2.53. The van der Waals surface area contributed by atoms with Crippen molar-refractivity contribution in [3.8, 4) is 0 Å². The van der Waals surface area contributed by atoms with Crippen molar-refractivity contribution < 1.29 is 4.79 Å². The Labute approximate surface area is 145 Å². The number of halogens is 1. The number of fused-ring (bicyclic) bond motifs is 5. The van der Waals surface area contributed by atoms with Crippen LogP contribution in [0.4, 0.5) is 0 Å². The first kappa shape index (κ1) is 15.9. The van der Waals surface area contributed by atoms with Crippen LogP contribution < -0.4 is 0 Å². The lowest BCUT2D eigenvalue weighted by Gasteiger charge is -2.60. The van der Waals surface area contributed by atoms with Crippen molar-refractivity contribution in [2.24, 2.45) is 40.9 Å². The fourth-order valence-corrected chi connectivity index (χ4v) is 7.16. The molecule has 0 aliphatic heterocycles. The third-order valence-corrected chi connectivity index (χ3v) is 8.48. The van der Waals surface area contributed by atoms with Crippen molar-refractivity contribution in [2.75, 3.05) is 0 Å². The van der Waals surface area contributed by atoms with Gasteiger partial charge in [0.1, 0.15) is 0 Å². The van der Waals surface area contributed by atoms with Crippen LogP contribution in [0.2, 0.25) is 0 Å². The molecule has 2 fully saturated rings. The smallest absolute Gasteiger partial charge is 0.155 e. The van der Waals surface area contributed by atoms with Gasteiger partial charge in [-0.2, -0.15) is 0 Å². The van der Waals surface area contributed by atoms with E-state index in [1.807, 2.05) is 6.08 Å². The first-order valence-electron chi connectivity index (χ1n) is 9.50. The van der Waals surface area contributed by atoms with Gasteiger partial charge in [0.05, 0.1) is 0 Å². The molecule has 0 bridgehead atoms. The Bertz CT molecular complexity index is 589. The van der Waals surface area contributed by atoms with Crippen LogP contribution in [0.1, 0.15) is 59.3 Å². The monoisotopic (exact) mass is 332 g/mol. The van der Waals surface area contributed by atoms with Crippen LogP contribution in [0.15, 0.2) is 22.8 Å². The molecule has 0 aromatic carbocycles. The van der Waals surface area contributed by atoms with E-state index in [9.17, 15) is 4.79 Å². The van der Waals surface area contributed by atoms with Crippen molar-refractivity contribution in [3.05, 3.63) is 22.8 Å². The average Bonchev–Trinajstić information content (AvgIpc) is 2.51. The molecule has 0 aromatic heterocycles. The van der Waals surface area contributed by atoms with Crippen LogP contribution >= 0.6 is 11.6 Å². The zero-order chi connectivity index (χ0) is 16.4. The highest BCUT2D eigenvalue weighted by Gasteiger charge is 2.56. The third-order valence-electron chi connectivity index (χ3n) is 8.00. The summed E-state index contributed by atoms with van der Waals surface area (Å²) in [5, 5.41) is 1.09. The standard InChI is InChI=1S/C21H29ClO/c1-12-11-21(3)13(2)19(22)9-8-18(21)17-6-4-14-10-15(23)5-7-16(14)20(12)17/h9-10,12-13,16-18,20H,4-8,11H2,1-3H3/t12-,13-,16-,17-,18-,20+,21+/m0/s1. The maximum atomic E-state index is 11.8. The molecular weight excluding hydrogens is 304 g/mol. The Morgan fingerprint density at radius 1 is 1.22 bits per heavy atom. The molecule has 4 aliphatic rings. The van der Waals surface area contributed by atoms with E-state index in [4.69, 9.17) is 11.6 Å². The van der Waals surface area contributed by atoms with Crippen LogP contribution in [0.25, 0.3) is 0 Å². The number of carbonyl (C=O) groups is 1. The number of rotatable bonds is 0. The van der Waals surface area contributed by atoms with Gasteiger partial charge in [-0.25, -0.2) is 0 Å². The van der Waals surface area contributed by atoms with Crippen LogP contribution in [-0.4, -0.2) is 5.78 Å². The molecule has 0 amide bonds. The summed E-state index contributed by atoms with van der Waals surface area (Å²) in [6.07, 6.45) is 11.1. The first-order chi connectivity index (χ1) is 10.9. The van der Waals surface area contributed by atoms with Gasteiger partial charge in [0, 0.05) is 11.5 Å². The highest BCUT2D eigenvalue weighted by Crippen LogP contribution is 2.63. The summed E-state index contributed by atoms with van der Waals surface area (Å²) in [7, 11) is 0. The van der Waals surface area contributed by atoms with Gasteiger partial charge in [-0.3, -0.25) is 4.79 Å². The first-order valence-corrected chi connectivity index (χ1v) is 9.88. The van der Waals surface area contributed by atoms with E-state index in [1.54, 1.807) is 0 Å². The number of carbonyl (C=O) groups excluding carboxylic acids is 1. The Morgan fingerprint density at radius 3 is 2.78 bits per heavy atom. The summed E-state index contributed by atoms with van der Waals surface area (Å²) in [6.45, 7) is 7.31. The maximum absolute atomic E-state index is 11.8. The summed E-state index contributed by atoms with van der Waals surface area (Å²) >= 11 is 6.54. The van der Waals surface area contributed by atoms with Gasteiger partial charge < -0.3 is 0 Å². The van der Waals surface area contributed by atoms with E-state index >= 15 is 0 Å². The molecule has 1 nitrogen and oxygen atoms in total. The molecule has 7 atom stereocenters. The Kier molecular flexibility index (Phi) is 3.80. The second kappa shape index (κ2) is 5.48. The SMILES string of the molecule is C[C@H]1C[C@]2(C)[C@@H](C)C(Cl)=CC[C@H]2[C@@H]2CCC3=CC(=O)CC[C@@H]3[C@H]21. The maximum Gasteiger partial charge on any atom is 0.155 e. The van der Waals surface area contributed by atoms with Crippen molar-refractivity contribution in [3.63, 3.8) is 0 Å². The van der Waals surface area contributed by atoms with Gasteiger partial charge in [-0.05, 0) is 79.1 Å². The number of ketones is 1. The Hall–Kier alpha value is -0.560. The summed E-state index contributed by atoms with van der Waals surface area (Å²) < 4.78 is 0. The quantitative estimate of drug-likeness (QED) is 0.552. The highest BCUT2D eigenvalue weighted by molar-refractivity contribution is 6.29. The number of allylic oxidation sites excluding steroid dienone is 4. The summed E-state index contributed by atoms with van der Waals surface area (Å²) in [5.74, 6) is 4.68. The van der Waals surface area contributed by atoms with Crippen LogP contribution in [0, 0.1) is 40.9 Å². The van der Waals surface area contributed by atoms with Crippen molar-refractivity contribution >= 4 is 17.4 Å². The molecule has 4 aliphatic carbocycles. The van der Waals surface area contributed by atoms with E-state index in [1.165, 1.54) is 18.4 Å². The van der Waals surface area contributed by atoms with Crippen LogP contribution in [0.5, 0.6) is 0 Å². The molecule has 0 radical (unpaired) electrons. The predicted molar refractivity (Wildman–Crippen MR) is 95.1 cm³/mol. The molecule has 126 valence electrons. The van der Waals surface area contributed by atoms with Gasteiger partial charge in [0.25, 0.3) is 0 Å². The normalized spacial score (nSPS) is 49.5. The van der Waals surface area contributed by atoms with E-state index < -0.39 is 0 Å². The van der Waals surface area contributed by atoms with Crippen molar-refractivity contribution in [2.45, 2.75) is 59.3 Å². The van der Waals surface area contributed by atoms with Crippen molar-refractivity contribution in [1.29, 1.82) is 0 Å². The Balaban J connectivity index is 1.70. The molecule has 0 aromatic rings. The molecule has 0 heterocycles. The van der Waals surface area contributed by atoms with Crippen LogP contribution in [-0.2, 0) is 4.79 Å². The zero-order valence-corrected chi connectivity index (χ0v) is 15.4. The molecule has 2 heteroatoms. The Morgan fingerprint density at radius 2 is 2.00 bits per heavy atom. The molecule has 0 spiro atoms. The minimum atomic E-state index is 0.359. The van der Waals surface area contributed by atoms with E-state index in [2.05, 4.69) is 26.8 Å². The molecule has 0 N–H and O–H groups in total. The zero-order valence-electron chi connectivity index (χ0n) is 14.6. The predicted octanol–water partition coefficient (Wildman–Crippen LogP) is 5.74. The summed E-state index contributed by atoms with van der Waals surface area (Å²) in [5.41, 5.74) is 1.84. The number of hydrogen-bond acceptors (Lipinski definition) is 1. The molecule has 23 heavy (non-hydrogen) atoms. The van der Waals surface area contributed by atoms with Gasteiger partial charge >= 0.3 is 0 Å². The lowest BCUT2D eigenvalue weighted by atomic mass is 9.45. The topological polar surface area (TPSA) is 17.1 Å². The number of hydrogen-bond donors (Lipinski definition) is 0. The fourth-order valence-electron chi connectivity index (χ4n) is 6.82. The summed E-state index contributed by atoms with van der Waals surface area (Å²) in [6, 6.07) is 0. The van der Waals surface area contributed by atoms with E-state index in [0.29, 0.717) is 23.0 Å². The van der Waals surface area contributed by atoms with Crippen molar-refractivity contribution in [1.82, 2.24) is 0 Å². The molecule has 0 unspecified atom stereocenters. The van der Waals surface area contributed by atoms with Gasteiger partial charge in [-0.1, -0.05) is 44.0 Å². The molecule has 0 saturated heterocycles. The lowest BCUT2D eigenvalue weighted by molar-refractivity contribution is -0.117. The van der Waals surface area contributed by atoms with Crippen LogP contribution in [0.3, 0.4) is 0 Å².